The lowest BCUT2D eigenvalue weighted by Gasteiger charge is -2.31. The normalized spacial score (nSPS) is 14.8. The molecule has 0 bridgehead atoms. The second kappa shape index (κ2) is 8.73. The van der Waals surface area contributed by atoms with E-state index in [2.05, 4.69) is 27.4 Å². The summed E-state index contributed by atoms with van der Waals surface area (Å²) in [6.07, 6.45) is 6.12. The van der Waals surface area contributed by atoms with Gasteiger partial charge in [-0.05, 0) is 56.2 Å². The Hall–Kier alpha value is -3.09. The molecule has 1 N–H and O–H groups in total. The molecule has 1 aromatic carbocycles. The van der Waals surface area contributed by atoms with Crippen molar-refractivity contribution in [3.63, 3.8) is 0 Å². The predicted octanol–water partition coefficient (Wildman–Crippen LogP) is 3.61. The zero-order valence-electron chi connectivity index (χ0n) is 17.9. The summed E-state index contributed by atoms with van der Waals surface area (Å²) in [4.78, 5) is 14.9. The van der Waals surface area contributed by atoms with Gasteiger partial charge in [0.1, 0.15) is 11.4 Å². The van der Waals surface area contributed by atoms with Gasteiger partial charge < -0.3 is 9.64 Å². The summed E-state index contributed by atoms with van der Waals surface area (Å²) in [6.45, 7) is 3.52. The van der Waals surface area contributed by atoms with Crippen LogP contribution in [0.1, 0.15) is 41.0 Å². The number of hydrogen-bond donors (Lipinski definition) is 1. The number of likely N-dealkylation sites (tertiary alicyclic amines) is 1. The molecule has 1 aliphatic rings. The fourth-order valence-electron chi connectivity index (χ4n) is 4.28. The highest BCUT2D eigenvalue weighted by atomic mass is 16.5. The standard InChI is InChI=1S/C23H29N5O2/c1-16-19(15-27(2)26-16)20-14-21(25-24-20)23(29)28-12-10-17(11-13-28)8-9-18-6-4-5-7-22(18)30-3/h4-7,14-15,17H,8-13H2,1-3H3,(H,24,25). The second-order valence-corrected chi connectivity index (χ2v) is 8.05. The number of carbonyl (C=O) groups excluding carboxylic acids is 1. The fraction of sp³-hybridized carbons (Fsp3) is 0.435. The molecular formula is C23H29N5O2. The number of para-hydroxylation sites is 1. The molecule has 0 spiro atoms. The molecule has 1 saturated heterocycles. The van der Waals surface area contributed by atoms with E-state index in [-0.39, 0.29) is 5.91 Å². The Balaban J connectivity index is 1.32. The van der Waals surface area contributed by atoms with Crippen LogP contribution in [0.25, 0.3) is 11.3 Å². The lowest BCUT2D eigenvalue weighted by atomic mass is 9.90. The van der Waals surface area contributed by atoms with Crippen LogP contribution in [0.15, 0.2) is 36.5 Å². The Kier molecular flexibility index (Phi) is 5.88. The van der Waals surface area contributed by atoms with Crippen LogP contribution in [0.5, 0.6) is 5.75 Å². The maximum absolute atomic E-state index is 12.9. The van der Waals surface area contributed by atoms with E-state index in [1.807, 2.05) is 43.3 Å². The molecule has 7 nitrogen and oxygen atoms in total. The van der Waals surface area contributed by atoms with Crippen molar-refractivity contribution in [3.05, 3.63) is 53.5 Å². The predicted molar refractivity (Wildman–Crippen MR) is 115 cm³/mol. The third-order valence-electron chi connectivity index (χ3n) is 6.01. The number of piperidine rings is 1. The lowest BCUT2D eigenvalue weighted by molar-refractivity contribution is 0.0681. The van der Waals surface area contributed by atoms with Gasteiger partial charge >= 0.3 is 0 Å². The second-order valence-electron chi connectivity index (χ2n) is 8.05. The highest BCUT2D eigenvalue weighted by Crippen LogP contribution is 2.27. The number of nitrogens with one attached hydrogen (secondary N) is 1. The minimum Gasteiger partial charge on any atom is -0.496 e. The van der Waals surface area contributed by atoms with E-state index in [9.17, 15) is 4.79 Å². The first-order valence-corrected chi connectivity index (χ1v) is 10.5. The number of amides is 1. The van der Waals surface area contributed by atoms with Crippen molar-refractivity contribution in [1.82, 2.24) is 24.9 Å². The van der Waals surface area contributed by atoms with Gasteiger partial charge in [-0.1, -0.05) is 18.2 Å². The summed E-state index contributed by atoms with van der Waals surface area (Å²) in [7, 11) is 3.60. The van der Waals surface area contributed by atoms with Crippen LogP contribution in [-0.4, -0.2) is 51.0 Å². The van der Waals surface area contributed by atoms with Gasteiger partial charge in [0.2, 0.25) is 0 Å². The van der Waals surface area contributed by atoms with Crippen LogP contribution < -0.4 is 4.74 Å². The Morgan fingerprint density at radius 3 is 2.73 bits per heavy atom. The van der Waals surface area contributed by atoms with Gasteiger partial charge in [0.15, 0.2) is 0 Å². The topological polar surface area (TPSA) is 76.0 Å². The molecule has 158 valence electrons. The van der Waals surface area contributed by atoms with E-state index in [4.69, 9.17) is 4.74 Å². The molecule has 1 aliphatic heterocycles. The number of benzene rings is 1. The van der Waals surface area contributed by atoms with Crippen molar-refractivity contribution in [2.45, 2.75) is 32.6 Å². The minimum absolute atomic E-state index is 0.0264. The minimum atomic E-state index is 0.0264. The van der Waals surface area contributed by atoms with Gasteiger partial charge in [-0.3, -0.25) is 14.6 Å². The lowest BCUT2D eigenvalue weighted by Crippen LogP contribution is -2.38. The molecule has 0 radical (unpaired) electrons. The summed E-state index contributed by atoms with van der Waals surface area (Å²) in [5.74, 6) is 1.62. The van der Waals surface area contributed by atoms with E-state index in [0.717, 1.165) is 61.5 Å². The largest absolute Gasteiger partial charge is 0.496 e. The van der Waals surface area contributed by atoms with Gasteiger partial charge in [0.25, 0.3) is 5.91 Å². The van der Waals surface area contributed by atoms with Gasteiger partial charge in [0, 0.05) is 31.9 Å². The van der Waals surface area contributed by atoms with Crippen LogP contribution >= 0.6 is 0 Å². The van der Waals surface area contributed by atoms with Gasteiger partial charge in [-0.25, -0.2) is 0 Å². The first kappa shape index (κ1) is 20.2. The number of hydrogen-bond acceptors (Lipinski definition) is 4. The average molecular weight is 408 g/mol. The highest BCUT2D eigenvalue weighted by Gasteiger charge is 2.25. The first-order valence-electron chi connectivity index (χ1n) is 10.5. The van der Waals surface area contributed by atoms with E-state index in [1.54, 1.807) is 11.8 Å². The van der Waals surface area contributed by atoms with Crippen molar-refractivity contribution < 1.29 is 9.53 Å². The number of methoxy groups -OCH3 is 1. The number of carbonyl (C=O) groups is 1. The Morgan fingerprint density at radius 1 is 1.27 bits per heavy atom. The fourth-order valence-corrected chi connectivity index (χ4v) is 4.28. The molecule has 0 unspecified atom stereocenters. The molecule has 0 atom stereocenters. The van der Waals surface area contributed by atoms with Crippen LogP contribution in [0.2, 0.25) is 0 Å². The summed E-state index contributed by atoms with van der Waals surface area (Å²) >= 11 is 0. The van der Waals surface area contributed by atoms with Crippen LogP contribution in [0, 0.1) is 12.8 Å². The Morgan fingerprint density at radius 2 is 2.03 bits per heavy atom. The average Bonchev–Trinajstić information content (AvgIpc) is 3.38. The number of rotatable bonds is 6. The summed E-state index contributed by atoms with van der Waals surface area (Å²) < 4.78 is 7.22. The molecule has 3 heterocycles. The van der Waals surface area contributed by atoms with Crippen molar-refractivity contribution in [2.24, 2.45) is 13.0 Å². The number of aryl methyl sites for hydroxylation is 3. The molecule has 4 rings (SSSR count). The number of ether oxygens (including phenoxy) is 1. The monoisotopic (exact) mass is 407 g/mol. The number of aromatic amines is 1. The number of aromatic nitrogens is 4. The third kappa shape index (κ3) is 4.25. The van der Waals surface area contributed by atoms with E-state index < -0.39 is 0 Å². The molecule has 0 aliphatic carbocycles. The molecule has 1 fully saturated rings. The Labute approximate surface area is 177 Å². The molecule has 7 heteroatoms. The van der Waals surface area contributed by atoms with Gasteiger partial charge in [-0.15, -0.1) is 0 Å². The summed E-state index contributed by atoms with van der Waals surface area (Å²) in [5.41, 5.74) is 4.41. The molecule has 0 saturated carbocycles. The first-order chi connectivity index (χ1) is 14.5. The molecule has 2 aromatic heterocycles. The highest BCUT2D eigenvalue weighted by molar-refractivity contribution is 5.93. The smallest absolute Gasteiger partial charge is 0.271 e. The summed E-state index contributed by atoms with van der Waals surface area (Å²) in [5, 5.41) is 11.6. The number of nitrogens with zero attached hydrogens (tertiary/aromatic N) is 4. The third-order valence-corrected chi connectivity index (χ3v) is 6.01. The molecular weight excluding hydrogens is 378 g/mol. The molecule has 30 heavy (non-hydrogen) atoms. The maximum atomic E-state index is 12.9. The van der Waals surface area contributed by atoms with Crippen molar-refractivity contribution >= 4 is 5.91 Å². The molecule has 1 amide bonds. The van der Waals surface area contributed by atoms with E-state index in [0.29, 0.717) is 11.6 Å². The Bertz CT molecular complexity index is 1010. The van der Waals surface area contributed by atoms with Crippen LogP contribution in [-0.2, 0) is 13.5 Å². The van der Waals surface area contributed by atoms with Gasteiger partial charge in [0.05, 0.1) is 18.5 Å². The van der Waals surface area contributed by atoms with Crippen molar-refractivity contribution in [3.8, 4) is 17.0 Å². The van der Waals surface area contributed by atoms with E-state index in [1.165, 1.54) is 5.56 Å². The zero-order valence-corrected chi connectivity index (χ0v) is 17.9. The van der Waals surface area contributed by atoms with Gasteiger partial charge in [-0.2, -0.15) is 10.2 Å². The molecule has 3 aromatic rings. The van der Waals surface area contributed by atoms with Crippen molar-refractivity contribution in [1.29, 1.82) is 0 Å². The maximum Gasteiger partial charge on any atom is 0.271 e. The SMILES string of the molecule is COc1ccccc1CCC1CCN(C(=O)c2cc(-c3cn(C)nc3C)n[nH]2)CC1. The zero-order chi connectivity index (χ0) is 21.1. The van der Waals surface area contributed by atoms with Crippen LogP contribution in [0.3, 0.4) is 0 Å². The summed E-state index contributed by atoms with van der Waals surface area (Å²) in [6, 6.07) is 10.0. The van der Waals surface area contributed by atoms with E-state index >= 15 is 0 Å². The number of H-pyrrole nitrogens is 1. The van der Waals surface area contributed by atoms with Crippen molar-refractivity contribution in [2.75, 3.05) is 20.2 Å². The quantitative estimate of drug-likeness (QED) is 0.677. The van der Waals surface area contributed by atoms with Crippen LogP contribution in [0.4, 0.5) is 0 Å².